The molecule has 0 radical (unpaired) electrons. The minimum absolute atomic E-state index is 0.0223. The van der Waals surface area contributed by atoms with Crippen LogP contribution in [0.1, 0.15) is 52.2 Å². The van der Waals surface area contributed by atoms with Crippen LogP contribution in [0.4, 0.5) is 29.0 Å². The summed E-state index contributed by atoms with van der Waals surface area (Å²) in [7, 11) is -1.47. The van der Waals surface area contributed by atoms with Gasteiger partial charge in [0.2, 0.25) is 23.1 Å². The number of carbonyl (C=O) groups excluding carboxylic acids is 1. The predicted octanol–water partition coefficient (Wildman–Crippen LogP) is 8.25. The first kappa shape index (κ1) is 55.2. The molecule has 8 N–H and O–H groups in total. The molecule has 22 heteroatoms. The van der Waals surface area contributed by atoms with Gasteiger partial charge < -0.3 is 46.5 Å². The van der Waals surface area contributed by atoms with Crippen LogP contribution in [-0.2, 0) is 25.3 Å². The molecule has 0 saturated heterocycles. The lowest BCUT2D eigenvalue weighted by Crippen LogP contribution is -2.43. The Balaban J connectivity index is 0.000000422. The molecule has 62 heavy (non-hydrogen) atoms. The Morgan fingerprint density at radius 2 is 1.65 bits per heavy atom. The number of halogens is 3. The molecule has 1 aromatic heterocycles. The van der Waals surface area contributed by atoms with Gasteiger partial charge in [-0.2, -0.15) is 15.0 Å². The summed E-state index contributed by atoms with van der Waals surface area (Å²) in [4.78, 5) is 54.9. The molecule has 0 aliphatic carbocycles. The molecule has 0 aliphatic rings. The molecule has 0 fully saturated rings. The average Bonchev–Trinajstić information content (AvgIpc) is 3.19. The van der Waals surface area contributed by atoms with Gasteiger partial charge in [0.25, 0.3) is 5.69 Å². The number of ether oxygens (including phenoxy) is 2. The van der Waals surface area contributed by atoms with Crippen LogP contribution in [0.25, 0.3) is 0 Å². The number of hydrogen-bond donors (Lipinski definition) is 6. The van der Waals surface area contributed by atoms with Gasteiger partial charge >= 0.3 is 5.97 Å². The number of anilines is 4. The molecule has 342 valence electrons. The number of amides is 1. The van der Waals surface area contributed by atoms with Crippen LogP contribution in [0.3, 0.4) is 0 Å². The fourth-order valence-corrected chi connectivity index (χ4v) is 6.39. The molecule has 1 heterocycles. The molecule has 4 aromatic rings. The summed E-state index contributed by atoms with van der Waals surface area (Å²) >= 11 is 17.4. The minimum Gasteiger partial charge on any atom is -0.480 e. The summed E-state index contributed by atoms with van der Waals surface area (Å²) in [6, 6.07) is 16.9. The van der Waals surface area contributed by atoms with E-state index in [1.807, 2.05) is 52.8 Å². The number of aromatic nitrogens is 3. The Morgan fingerprint density at radius 1 is 1.02 bits per heavy atom. The Bertz CT molecular complexity index is 2080. The summed E-state index contributed by atoms with van der Waals surface area (Å²) in [5.74, 6) is 0.602. The number of aliphatic carboxylic acids is 1. The standard InChI is InChI=1S/C15H22ClNO2.C12H9ClN2O3.C8H14ClN5.C5H12NO4P/c1-5-13-8-6-7-11(2)15(13)17(14(18)9-16)12(3)10-19-4;13-11-10(18-8-4-2-1-3-5-8)7-6-9(12(11)14)15(16)17;1-4-10-7-12-6(9)13-8(14-7)11-5(2)3;1-11(9,10)3-2-4(6)5(7)8/h6-8,12H,5,9-10H2,1-4H3;1-7H,14H2;5H,4H2,1-3H3,(H2,10,11,12,13,14);4H,2-3,6H2,1H3,(H,7,8)(H,9,10). The first-order valence-electron chi connectivity index (χ1n) is 19.2. The van der Waals surface area contributed by atoms with Crippen LogP contribution in [-0.4, -0.2) is 98.8 Å². The highest BCUT2D eigenvalue weighted by molar-refractivity contribution is 7.57. The topological polar surface area (TPSA) is 271 Å². The van der Waals surface area contributed by atoms with Crippen molar-refractivity contribution in [3.63, 3.8) is 0 Å². The van der Waals surface area contributed by atoms with Gasteiger partial charge in [-0.25, -0.2) is 0 Å². The number of para-hydroxylation sites is 2. The highest BCUT2D eigenvalue weighted by Gasteiger charge is 2.25. The van der Waals surface area contributed by atoms with Gasteiger partial charge in [-0.1, -0.05) is 54.9 Å². The molecule has 4 rings (SSSR count). The second-order valence-corrected chi connectivity index (χ2v) is 17.2. The fraction of sp³-hybridized carbons (Fsp3) is 0.425. The van der Waals surface area contributed by atoms with Crippen LogP contribution in [0.15, 0.2) is 60.7 Å². The van der Waals surface area contributed by atoms with Gasteiger partial charge in [-0.15, -0.1) is 11.6 Å². The highest BCUT2D eigenvalue weighted by Crippen LogP contribution is 2.39. The van der Waals surface area contributed by atoms with Crippen LogP contribution < -0.4 is 31.7 Å². The third-order valence-electron chi connectivity index (χ3n) is 8.00. The lowest BCUT2D eigenvalue weighted by molar-refractivity contribution is -0.383. The maximum Gasteiger partial charge on any atom is 0.320 e. The van der Waals surface area contributed by atoms with Crippen molar-refractivity contribution in [2.24, 2.45) is 5.73 Å². The monoisotopic (exact) mass is 943 g/mol. The Morgan fingerprint density at radius 3 is 2.16 bits per heavy atom. The summed E-state index contributed by atoms with van der Waals surface area (Å²) in [6.45, 7) is 14.5. The van der Waals surface area contributed by atoms with Crippen molar-refractivity contribution in [3.8, 4) is 11.5 Å². The second kappa shape index (κ2) is 28.0. The van der Waals surface area contributed by atoms with E-state index in [9.17, 15) is 24.3 Å². The maximum atomic E-state index is 12.2. The number of nitrogens with two attached hydrogens (primary N) is 2. The van der Waals surface area contributed by atoms with Gasteiger partial charge in [-0.05, 0) is 88.4 Å². The highest BCUT2D eigenvalue weighted by atomic mass is 35.5. The maximum absolute atomic E-state index is 12.2. The number of rotatable bonds is 17. The number of benzene rings is 3. The number of methoxy groups -OCH3 is 1. The Hall–Kier alpha value is -4.81. The van der Waals surface area contributed by atoms with E-state index in [0.717, 1.165) is 29.8 Å². The minimum atomic E-state index is -3.10. The number of carbonyl (C=O) groups is 2. The number of hydrogen-bond acceptors (Lipinski definition) is 14. The molecule has 0 aliphatic heterocycles. The van der Waals surface area contributed by atoms with E-state index in [0.29, 0.717) is 24.3 Å². The number of carboxylic acid groups (broad SMARTS) is 1. The molecule has 3 atom stereocenters. The van der Waals surface area contributed by atoms with E-state index >= 15 is 0 Å². The number of aryl methyl sites for hydroxylation is 2. The number of nitrogens with zero attached hydrogens (tertiary/aromatic N) is 5. The van der Waals surface area contributed by atoms with E-state index in [-0.39, 0.29) is 63.9 Å². The number of carboxylic acids is 1. The first-order chi connectivity index (χ1) is 29.1. The third-order valence-corrected chi connectivity index (χ3v) is 9.87. The molecule has 3 aromatic carbocycles. The quantitative estimate of drug-likeness (QED) is 0.0191. The zero-order valence-electron chi connectivity index (χ0n) is 36.0. The number of nitrogens with one attached hydrogen (secondary N) is 2. The smallest absolute Gasteiger partial charge is 0.320 e. The number of nitrogen functional groups attached to an aromatic ring is 1. The first-order valence-corrected chi connectivity index (χ1v) is 22.8. The molecule has 0 saturated carbocycles. The molecular weight excluding hydrogens is 888 g/mol. The van der Waals surface area contributed by atoms with Crippen molar-refractivity contribution in [1.82, 2.24) is 15.0 Å². The van der Waals surface area contributed by atoms with Crippen LogP contribution >= 0.6 is 42.2 Å². The summed E-state index contributed by atoms with van der Waals surface area (Å²) in [6.07, 6.45) is 0.878. The average molecular weight is 945 g/mol. The third kappa shape index (κ3) is 19.9. The van der Waals surface area contributed by atoms with Gasteiger partial charge in [0.15, 0.2) is 7.37 Å². The number of alkyl halides is 1. The molecule has 1 amide bonds. The van der Waals surface area contributed by atoms with E-state index < -0.39 is 24.3 Å². The van der Waals surface area contributed by atoms with Gasteiger partial charge in [0.1, 0.15) is 34.1 Å². The lowest BCUT2D eigenvalue weighted by Gasteiger charge is -2.31. The molecule has 18 nitrogen and oxygen atoms in total. The van der Waals surface area contributed by atoms with E-state index in [4.69, 9.17) is 65.7 Å². The van der Waals surface area contributed by atoms with Crippen molar-refractivity contribution in [3.05, 3.63) is 92.2 Å². The Kier molecular flexibility index (Phi) is 24.9. The number of nitro benzene ring substituents is 1. The van der Waals surface area contributed by atoms with E-state index in [1.54, 1.807) is 36.3 Å². The number of nitro groups is 1. The van der Waals surface area contributed by atoms with Crippen LogP contribution in [0, 0.1) is 17.0 Å². The lowest BCUT2D eigenvalue weighted by atomic mass is 10.0. The van der Waals surface area contributed by atoms with Gasteiger partial charge in [0, 0.05) is 38.6 Å². The summed E-state index contributed by atoms with van der Waals surface area (Å²) < 4.78 is 21.3. The van der Waals surface area contributed by atoms with Crippen molar-refractivity contribution >= 4 is 83.0 Å². The largest absolute Gasteiger partial charge is 0.480 e. The van der Waals surface area contributed by atoms with Crippen LogP contribution in [0.5, 0.6) is 11.5 Å². The predicted molar refractivity (Wildman–Crippen MR) is 248 cm³/mol. The van der Waals surface area contributed by atoms with Crippen molar-refractivity contribution in [2.45, 2.75) is 72.5 Å². The van der Waals surface area contributed by atoms with E-state index in [2.05, 4.69) is 38.6 Å². The Labute approximate surface area is 377 Å². The van der Waals surface area contributed by atoms with Gasteiger partial charge in [-0.3, -0.25) is 24.3 Å². The fourth-order valence-electron chi connectivity index (χ4n) is 5.15. The normalized spacial score (nSPS) is 12.4. The van der Waals surface area contributed by atoms with Crippen molar-refractivity contribution in [1.29, 1.82) is 0 Å². The second-order valence-electron chi connectivity index (χ2n) is 13.7. The molecule has 3 unspecified atom stereocenters. The van der Waals surface area contributed by atoms with Crippen LogP contribution in [0.2, 0.25) is 10.3 Å². The molecule has 0 spiro atoms. The summed E-state index contributed by atoms with van der Waals surface area (Å²) in [5, 5.41) is 25.2. The molecule has 0 bridgehead atoms. The van der Waals surface area contributed by atoms with Gasteiger partial charge in [0.05, 0.1) is 23.3 Å². The van der Waals surface area contributed by atoms with Crippen molar-refractivity contribution < 1.29 is 38.6 Å². The zero-order chi connectivity index (χ0) is 47.2. The molecular formula is C40H57Cl3N9O9P. The van der Waals surface area contributed by atoms with Crippen molar-refractivity contribution in [2.75, 3.05) is 60.2 Å². The SMILES string of the molecule is CCNc1nc(Cl)nc(NC(C)C)n1.CCc1cccc(C)c1N(C(=O)CCl)C(C)COC.CP(=O)(O)CCC(N)C(=O)O.Nc1c([N+](=O)[O-])ccc(Oc2ccccc2)c1Cl. The zero-order valence-corrected chi connectivity index (χ0v) is 39.1. The summed E-state index contributed by atoms with van der Waals surface area (Å²) in [5.41, 5.74) is 13.5. The van der Waals surface area contributed by atoms with E-state index in [1.165, 1.54) is 18.8 Å².